The van der Waals surface area contributed by atoms with Crippen LogP contribution >= 0.6 is 0 Å². The highest BCUT2D eigenvalue weighted by Gasteiger charge is 2.54. The molecule has 1 unspecified atom stereocenters. The van der Waals surface area contributed by atoms with Crippen molar-refractivity contribution >= 4 is 35.4 Å². The van der Waals surface area contributed by atoms with Crippen LogP contribution in [0.25, 0.3) is 0 Å². The third kappa shape index (κ3) is 16.2. The Morgan fingerprint density at radius 2 is 1.55 bits per heavy atom. The summed E-state index contributed by atoms with van der Waals surface area (Å²) in [6.45, 7) is 11.9. The highest BCUT2D eigenvalue weighted by molar-refractivity contribution is 6.39. The molecule has 5 rings (SSSR count). The molecule has 0 aromatic carbocycles. The van der Waals surface area contributed by atoms with Gasteiger partial charge in [0.25, 0.3) is 11.7 Å². The number of aliphatic hydroxyl groups is 6. The normalized spacial score (nSPS) is 40.2. The zero-order valence-corrected chi connectivity index (χ0v) is 45.7. The van der Waals surface area contributed by atoms with Gasteiger partial charge in [-0.1, -0.05) is 71.1 Å². The third-order valence-corrected chi connectivity index (χ3v) is 16.2. The number of nitrogens with zero attached hydrogens (tertiary/aromatic N) is 1. The van der Waals surface area contributed by atoms with Crippen LogP contribution in [0.2, 0.25) is 0 Å². The fraction of sp³-hybridized carbons (Fsp3) is 0.750. The number of rotatable bonds is 7. The molecule has 18 atom stereocenters. The first kappa shape index (κ1) is 62.6. The van der Waals surface area contributed by atoms with Gasteiger partial charge < -0.3 is 68.7 Å². The van der Waals surface area contributed by atoms with Crippen LogP contribution in [0.4, 0.5) is 4.79 Å². The van der Waals surface area contributed by atoms with E-state index in [1.54, 1.807) is 34.0 Å². The van der Waals surface area contributed by atoms with Crippen LogP contribution in [-0.2, 0) is 57.1 Å². The Morgan fingerprint density at radius 3 is 2.25 bits per heavy atom. The van der Waals surface area contributed by atoms with Crippen LogP contribution in [0.5, 0.6) is 0 Å². The fourth-order valence-electron chi connectivity index (χ4n) is 11.1. The molecule has 0 aromatic heterocycles. The second kappa shape index (κ2) is 28.1. The van der Waals surface area contributed by atoms with Crippen molar-refractivity contribution in [1.29, 1.82) is 0 Å². The van der Waals surface area contributed by atoms with E-state index in [4.69, 9.17) is 33.2 Å². The number of carbonyl (C=O) groups excluding carboxylic acids is 6. The number of carbonyl (C=O) groups is 6. The Hall–Kier alpha value is -4.22. The van der Waals surface area contributed by atoms with E-state index in [0.29, 0.717) is 56.9 Å². The Kier molecular flexibility index (Phi) is 23.1. The van der Waals surface area contributed by atoms with Gasteiger partial charge in [0.15, 0.2) is 6.10 Å². The second-order valence-corrected chi connectivity index (χ2v) is 22.2. The summed E-state index contributed by atoms with van der Waals surface area (Å²) in [5.74, 6) is -11.5. The number of aliphatic hydroxyl groups excluding tert-OH is 4. The number of amides is 1. The van der Waals surface area contributed by atoms with Gasteiger partial charge in [-0.25, -0.2) is 9.59 Å². The van der Waals surface area contributed by atoms with E-state index in [0.717, 1.165) is 10.5 Å². The number of piperidine rings is 1. The van der Waals surface area contributed by atoms with E-state index in [1.807, 2.05) is 58.1 Å². The molecule has 0 spiro atoms. The van der Waals surface area contributed by atoms with E-state index in [1.165, 1.54) is 7.11 Å². The number of ketones is 3. The van der Waals surface area contributed by atoms with Crippen LogP contribution in [0.1, 0.15) is 132 Å². The van der Waals surface area contributed by atoms with Crippen molar-refractivity contribution in [2.24, 2.45) is 35.5 Å². The van der Waals surface area contributed by atoms with Crippen molar-refractivity contribution in [3.05, 3.63) is 47.6 Å². The molecular weight excluding hydrogens is 991 g/mol. The highest BCUT2D eigenvalue weighted by Crippen LogP contribution is 2.38. The number of esters is 1. The van der Waals surface area contributed by atoms with Crippen LogP contribution in [0, 0.1) is 35.5 Å². The molecule has 4 heterocycles. The largest absolute Gasteiger partial charge is 0.513 e. The number of cyclic esters (lactones) is 1. The summed E-state index contributed by atoms with van der Waals surface area (Å²) < 4.78 is 39.3. The summed E-state index contributed by atoms with van der Waals surface area (Å²) in [5, 5.41) is 63.8. The average molecular weight is 1080 g/mol. The molecule has 4 fully saturated rings. The number of fused-ring (bicyclic) bond motifs is 3. The van der Waals surface area contributed by atoms with Crippen LogP contribution in [0.15, 0.2) is 47.6 Å². The Balaban J connectivity index is 1.39. The van der Waals surface area contributed by atoms with E-state index in [-0.39, 0.29) is 68.0 Å². The maximum Gasteiger partial charge on any atom is 0.513 e. The minimum atomic E-state index is -2.99. The topological polar surface area (TPSA) is 292 Å². The number of ether oxygens (including phenoxy) is 7. The zero-order valence-electron chi connectivity index (χ0n) is 45.7. The van der Waals surface area contributed by atoms with E-state index >= 15 is 0 Å². The van der Waals surface area contributed by atoms with Gasteiger partial charge in [-0.05, 0) is 107 Å². The summed E-state index contributed by atoms with van der Waals surface area (Å²) in [6, 6.07) is -1.23. The first-order chi connectivity index (χ1) is 35.8. The first-order valence-corrected chi connectivity index (χ1v) is 27.1. The van der Waals surface area contributed by atoms with Gasteiger partial charge in [0.2, 0.25) is 5.79 Å². The van der Waals surface area contributed by atoms with Gasteiger partial charge >= 0.3 is 18.1 Å². The quantitative estimate of drug-likeness (QED) is 0.0887. The van der Waals surface area contributed by atoms with Gasteiger partial charge in [0.1, 0.15) is 42.0 Å². The molecule has 1 aliphatic carbocycles. The molecule has 3 saturated heterocycles. The summed E-state index contributed by atoms with van der Waals surface area (Å²) in [6.07, 6.45) is 2.97. The van der Waals surface area contributed by atoms with E-state index < -0.39 is 121 Å². The number of allylic oxidation sites excluding steroid dienone is 6. The molecular formula is C56H85NO19. The van der Waals surface area contributed by atoms with Gasteiger partial charge in [0.05, 0.1) is 31.0 Å². The van der Waals surface area contributed by atoms with E-state index in [9.17, 15) is 59.4 Å². The van der Waals surface area contributed by atoms with Gasteiger partial charge in [-0.2, -0.15) is 0 Å². The standard InChI is InChI=1S/C56H85NO19/c1-31-15-11-10-12-16-32(2)46(70-8)27-39-20-18-37(7)55(68,75-39)51(64)52(65)57-22-14-13-17-40(57)53(66)73-47(29-43(60)35(5)24-34(4)42(59)28-41(58)33(3)23-31)36(6)25-38-19-21-45(48(26-38)71-9)74-54(67)76-56(69)50(63)49(62)44(61)30-72-56/h10-12,15-16,24,31,33,35-40,42,44-50,59,61-63,68-69H,13-14,17-23,25-30H2,1-9H3/b12-10?,15-11+,32-16?,34-24+/t31-,33-,35-,36-,37-,38-,39+,40+,42+,44+,45-,46+,47+,48-,49?,50+,55-,56+/m1/s1. The molecule has 0 aromatic rings. The summed E-state index contributed by atoms with van der Waals surface area (Å²) in [4.78, 5) is 84.8. The fourth-order valence-corrected chi connectivity index (χ4v) is 11.1. The van der Waals surface area contributed by atoms with Crippen molar-refractivity contribution in [2.45, 2.75) is 205 Å². The van der Waals surface area contributed by atoms with Crippen molar-refractivity contribution in [1.82, 2.24) is 4.90 Å². The molecule has 6 N–H and O–H groups in total. The average Bonchev–Trinajstić information content (AvgIpc) is 3.38. The number of hydrogen-bond acceptors (Lipinski definition) is 19. The Labute approximate surface area is 446 Å². The van der Waals surface area contributed by atoms with Crippen LogP contribution < -0.4 is 0 Å². The van der Waals surface area contributed by atoms with Crippen molar-refractivity contribution < 1.29 is 92.6 Å². The Morgan fingerprint density at radius 1 is 0.829 bits per heavy atom. The molecule has 1 saturated carbocycles. The lowest BCUT2D eigenvalue weighted by Crippen LogP contribution is -2.62. The molecule has 5 aliphatic rings. The molecule has 2 bridgehead atoms. The molecule has 20 heteroatoms. The summed E-state index contributed by atoms with van der Waals surface area (Å²) in [5.41, 5.74) is 1.28. The van der Waals surface area contributed by atoms with Crippen molar-refractivity contribution in [2.75, 3.05) is 27.4 Å². The maximum absolute atomic E-state index is 14.5. The smallest absolute Gasteiger partial charge is 0.460 e. The lowest BCUT2D eigenvalue weighted by Gasteiger charge is -2.42. The zero-order chi connectivity index (χ0) is 56.2. The van der Waals surface area contributed by atoms with E-state index in [2.05, 4.69) is 0 Å². The number of methoxy groups -OCH3 is 2. The molecule has 76 heavy (non-hydrogen) atoms. The first-order valence-electron chi connectivity index (χ1n) is 27.1. The van der Waals surface area contributed by atoms with Crippen LogP contribution in [-0.4, -0.2) is 171 Å². The predicted molar refractivity (Wildman–Crippen MR) is 273 cm³/mol. The van der Waals surface area contributed by atoms with Gasteiger partial charge in [-0.15, -0.1) is 0 Å². The number of hydrogen-bond donors (Lipinski definition) is 6. The minimum absolute atomic E-state index is 0.0225. The van der Waals surface area contributed by atoms with Crippen molar-refractivity contribution in [3.8, 4) is 0 Å². The highest BCUT2D eigenvalue weighted by atomic mass is 16.9. The summed E-state index contributed by atoms with van der Waals surface area (Å²) >= 11 is 0. The molecule has 0 radical (unpaired) electrons. The van der Waals surface area contributed by atoms with Gasteiger partial charge in [0, 0.05) is 57.8 Å². The lowest BCUT2D eigenvalue weighted by molar-refractivity contribution is -0.415. The number of Topliss-reactive ketones (excluding diaryl/α,β-unsaturated/α-hetero) is 3. The Bertz CT molecular complexity index is 2140. The maximum atomic E-state index is 14.5. The second-order valence-electron chi connectivity index (χ2n) is 22.2. The molecule has 428 valence electrons. The van der Waals surface area contributed by atoms with Crippen molar-refractivity contribution in [3.63, 3.8) is 0 Å². The summed E-state index contributed by atoms with van der Waals surface area (Å²) in [7, 11) is 2.97. The van der Waals surface area contributed by atoms with Gasteiger partial charge in [-0.3, -0.25) is 19.2 Å². The van der Waals surface area contributed by atoms with Crippen LogP contribution in [0.3, 0.4) is 0 Å². The molecule has 1 amide bonds. The molecule has 20 nitrogen and oxygen atoms in total. The predicted octanol–water partition coefficient (Wildman–Crippen LogP) is 4.48. The SMILES string of the molecule is CO[C@H]1C[C@@H]2CC[C@@H](C)[C@@](O)(O2)C(=O)C(=O)N2CCCC[C@H]2C(=O)O[C@H]([C@H](C)C[C@H]2CC[C@@H](OC(=O)O[C@@]3(O)OC[C@H](O)C(O)[C@@H]3O)[C@H](OC)C2)CC(=O)[C@H](C)/C=C(\C)[C@@H](O)CC(=O)[C@H](C)C[C@H](C)/C=C/C=CC=C1C. The molecule has 4 aliphatic heterocycles. The lowest BCUT2D eigenvalue weighted by atomic mass is 9.78. The monoisotopic (exact) mass is 1080 g/mol. The third-order valence-electron chi connectivity index (χ3n) is 16.2. The minimum Gasteiger partial charge on any atom is -0.460 e.